The third kappa shape index (κ3) is 5.21. The van der Waals surface area contributed by atoms with Crippen molar-refractivity contribution in [3.8, 4) is 0 Å². The number of rotatable bonds is 5. The maximum absolute atomic E-state index is 14.5. The molecule has 4 rings (SSSR count). The van der Waals surface area contributed by atoms with Crippen LogP contribution >= 0.6 is 23.2 Å². The van der Waals surface area contributed by atoms with Gasteiger partial charge in [0, 0.05) is 43.1 Å². The van der Waals surface area contributed by atoms with Gasteiger partial charge < -0.3 is 15.0 Å². The van der Waals surface area contributed by atoms with Gasteiger partial charge in [-0.15, -0.1) is 0 Å². The van der Waals surface area contributed by atoms with E-state index in [0.717, 1.165) is 42.0 Å². The molecule has 2 heterocycles. The van der Waals surface area contributed by atoms with Crippen LogP contribution in [0.1, 0.15) is 29.6 Å². The number of carbonyl (C=O) groups is 1. The normalized spacial score (nSPS) is 18.5. The van der Waals surface area contributed by atoms with Crippen molar-refractivity contribution in [1.29, 1.82) is 0 Å². The van der Waals surface area contributed by atoms with E-state index in [-0.39, 0.29) is 34.7 Å². The van der Waals surface area contributed by atoms with E-state index < -0.39 is 21.7 Å². The van der Waals surface area contributed by atoms with Crippen LogP contribution in [0.25, 0.3) is 0 Å². The lowest BCUT2D eigenvalue weighted by Gasteiger charge is -2.33. The van der Waals surface area contributed by atoms with Gasteiger partial charge in [0.2, 0.25) is 10.0 Å². The average molecular weight is 516 g/mol. The van der Waals surface area contributed by atoms with Crippen molar-refractivity contribution in [2.75, 3.05) is 47.0 Å². The van der Waals surface area contributed by atoms with E-state index in [4.69, 9.17) is 27.9 Å². The maximum Gasteiger partial charge on any atom is 0.257 e. The molecule has 11 heteroatoms. The highest BCUT2D eigenvalue weighted by atomic mass is 35.5. The number of hydrogen-bond donors (Lipinski definition) is 1. The topological polar surface area (TPSA) is 79.0 Å². The van der Waals surface area contributed by atoms with Crippen LogP contribution in [0.5, 0.6) is 0 Å². The van der Waals surface area contributed by atoms with Crippen molar-refractivity contribution in [2.24, 2.45) is 0 Å². The minimum absolute atomic E-state index is 0.0221. The van der Waals surface area contributed by atoms with Gasteiger partial charge in [0.05, 0.1) is 28.1 Å². The molecule has 2 aromatic rings. The Morgan fingerprint density at radius 3 is 2.45 bits per heavy atom. The summed E-state index contributed by atoms with van der Waals surface area (Å²) >= 11 is 12.4. The fraction of sp³-hybridized carbons (Fsp3) is 0.409. The fourth-order valence-corrected chi connectivity index (χ4v) is 6.16. The van der Waals surface area contributed by atoms with Gasteiger partial charge >= 0.3 is 0 Å². The number of benzene rings is 2. The summed E-state index contributed by atoms with van der Waals surface area (Å²) in [5.41, 5.74) is 1.19. The van der Waals surface area contributed by atoms with E-state index >= 15 is 0 Å². The summed E-state index contributed by atoms with van der Waals surface area (Å²) in [5.74, 6) is -1.55. The van der Waals surface area contributed by atoms with Gasteiger partial charge in [-0.3, -0.25) is 9.10 Å². The second-order valence-electron chi connectivity index (χ2n) is 8.11. The molecule has 2 fully saturated rings. The second kappa shape index (κ2) is 9.66. The van der Waals surface area contributed by atoms with Crippen molar-refractivity contribution < 1.29 is 22.3 Å². The number of anilines is 3. The first-order valence-corrected chi connectivity index (χ1v) is 12.9. The van der Waals surface area contributed by atoms with Gasteiger partial charge in [-0.25, -0.2) is 12.8 Å². The predicted octanol–water partition coefficient (Wildman–Crippen LogP) is 4.54. The Morgan fingerprint density at radius 2 is 1.82 bits per heavy atom. The minimum atomic E-state index is -3.54. The Bertz CT molecular complexity index is 1170. The number of nitrogens with one attached hydrogen (secondary N) is 1. The largest absolute Gasteiger partial charge is 0.381 e. The first-order chi connectivity index (χ1) is 15.7. The van der Waals surface area contributed by atoms with Crippen LogP contribution in [0.15, 0.2) is 30.3 Å². The molecule has 2 saturated heterocycles. The van der Waals surface area contributed by atoms with E-state index in [1.807, 2.05) is 6.07 Å². The molecule has 33 heavy (non-hydrogen) atoms. The number of carbonyl (C=O) groups excluding carboxylic acids is 1. The van der Waals surface area contributed by atoms with Gasteiger partial charge in [0.1, 0.15) is 5.82 Å². The number of methoxy groups -OCH3 is 1. The molecule has 0 spiro atoms. The van der Waals surface area contributed by atoms with Crippen LogP contribution in [-0.2, 0) is 14.8 Å². The molecule has 1 amide bonds. The highest BCUT2D eigenvalue weighted by Crippen LogP contribution is 2.32. The minimum Gasteiger partial charge on any atom is -0.381 e. The summed E-state index contributed by atoms with van der Waals surface area (Å²) in [5, 5.41) is 2.77. The Morgan fingerprint density at radius 1 is 1.09 bits per heavy atom. The summed E-state index contributed by atoms with van der Waals surface area (Å²) in [6.45, 7) is 1.80. The zero-order valence-electron chi connectivity index (χ0n) is 18.0. The molecule has 2 aromatic carbocycles. The summed E-state index contributed by atoms with van der Waals surface area (Å²) in [7, 11) is -1.84. The van der Waals surface area contributed by atoms with Crippen molar-refractivity contribution in [1.82, 2.24) is 0 Å². The Hall–Kier alpha value is -2.07. The monoisotopic (exact) mass is 515 g/mol. The van der Waals surface area contributed by atoms with Crippen LogP contribution in [0.4, 0.5) is 21.5 Å². The van der Waals surface area contributed by atoms with Crippen LogP contribution in [0.3, 0.4) is 0 Å². The van der Waals surface area contributed by atoms with Crippen molar-refractivity contribution >= 4 is 56.2 Å². The summed E-state index contributed by atoms with van der Waals surface area (Å²) in [4.78, 5) is 15.1. The number of halogens is 3. The zero-order valence-corrected chi connectivity index (χ0v) is 20.3. The van der Waals surface area contributed by atoms with Gasteiger partial charge in [-0.2, -0.15) is 0 Å². The van der Waals surface area contributed by atoms with Gasteiger partial charge in [-0.05, 0) is 49.6 Å². The lowest BCUT2D eigenvalue weighted by atomic mass is 10.1. The van der Waals surface area contributed by atoms with Crippen LogP contribution in [0, 0.1) is 5.82 Å². The summed E-state index contributed by atoms with van der Waals surface area (Å²) in [6, 6.07) is 7.52. The number of ether oxygens (including phenoxy) is 1. The van der Waals surface area contributed by atoms with Crippen LogP contribution in [-0.4, -0.2) is 52.9 Å². The molecule has 0 unspecified atom stereocenters. The Labute approximate surface area is 202 Å². The van der Waals surface area contributed by atoms with Crippen LogP contribution < -0.4 is 14.5 Å². The third-order valence-electron chi connectivity index (χ3n) is 5.93. The molecular weight excluding hydrogens is 492 g/mol. The molecule has 7 nitrogen and oxygen atoms in total. The number of piperidine rings is 1. The van der Waals surface area contributed by atoms with Gasteiger partial charge in [-0.1, -0.05) is 23.2 Å². The van der Waals surface area contributed by atoms with Gasteiger partial charge in [0.25, 0.3) is 5.91 Å². The Balaban J connectivity index is 1.58. The molecule has 178 valence electrons. The fourth-order valence-electron chi connectivity index (χ4n) is 4.19. The number of nitrogens with zero attached hydrogens (tertiary/aromatic N) is 2. The van der Waals surface area contributed by atoms with Crippen molar-refractivity contribution in [2.45, 2.75) is 25.4 Å². The molecule has 0 saturated carbocycles. The average Bonchev–Trinajstić information content (AvgIpc) is 3.14. The first kappa shape index (κ1) is 24.1. The number of amides is 1. The van der Waals surface area contributed by atoms with E-state index in [0.29, 0.717) is 17.1 Å². The molecule has 0 aliphatic carbocycles. The molecular formula is C22H24Cl2FN3O4S. The lowest BCUT2D eigenvalue weighted by molar-refractivity contribution is 0.0819. The van der Waals surface area contributed by atoms with E-state index in [9.17, 15) is 17.6 Å². The van der Waals surface area contributed by atoms with E-state index in [1.54, 1.807) is 19.2 Å². The smallest absolute Gasteiger partial charge is 0.257 e. The molecule has 2 aliphatic heterocycles. The molecule has 0 aromatic heterocycles. The zero-order chi connectivity index (χ0) is 23.8. The second-order valence-corrected chi connectivity index (χ2v) is 10.9. The SMILES string of the molecule is COC1CCN(c2cc(Cl)cc(NC(=O)c3cc(N4CCCS4(=O)=O)cc(F)c3Cl)c2)CC1. The third-order valence-corrected chi connectivity index (χ3v) is 8.40. The first-order valence-electron chi connectivity index (χ1n) is 10.6. The summed E-state index contributed by atoms with van der Waals surface area (Å²) in [6.07, 6.45) is 2.42. The quantitative estimate of drug-likeness (QED) is 0.632. The van der Waals surface area contributed by atoms with Gasteiger partial charge in [0.15, 0.2) is 0 Å². The maximum atomic E-state index is 14.5. The standard InChI is InChI=1S/C22H24Cl2FN3O4S/c1-32-18-3-6-27(7-4-18)16-10-14(23)9-15(11-16)26-22(29)19-12-17(13-20(25)21(19)24)28-5-2-8-33(28,30)31/h9-13,18H,2-8H2,1H3,(H,26,29). The lowest BCUT2D eigenvalue weighted by Crippen LogP contribution is -2.36. The number of sulfonamides is 1. The Kier molecular flexibility index (Phi) is 7.04. The molecule has 0 atom stereocenters. The predicted molar refractivity (Wildman–Crippen MR) is 129 cm³/mol. The number of hydrogen-bond acceptors (Lipinski definition) is 5. The highest BCUT2D eigenvalue weighted by Gasteiger charge is 2.30. The van der Waals surface area contributed by atoms with E-state index in [2.05, 4.69) is 10.2 Å². The van der Waals surface area contributed by atoms with E-state index in [1.165, 1.54) is 6.07 Å². The molecule has 0 radical (unpaired) electrons. The van der Waals surface area contributed by atoms with Crippen LogP contribution in [0.2, 0.25) is 10.0 Å². The van der Waals surface area contributed by atoms with Crippen molar-refractivity contribution in [3.63, 3.8) is 0 Å². The highest BCUT2D eigenvalue weighted by molar-refractivity contribution is 7.93. The molecule has 0 bridgehead atoms. The summed E-state index contributed by atoms with van der Waals surface area (Å²) < 4.78 is 45.5. The molecule has 1 N–H and O–H groups in total. The molecule has 2 aliphatic rings. The van der Waals surface area contributed by atoms with Crippen molar-refractivity contribution in [3.05, 3.63) is 51.8 Å².